The quantitative estimate of drug-likeness (QED) is 0.768. The van der Waals surface area contributed by atoms with Gasteiger partial charge in [0.05, 0.1) is 10.1 Å². The monoisotopic (exact) mass is 220 g/mol. The van der Waals surface area contributed by atoms with Crippen molar-refractivity contribution in [2.75, 3.05) is 0 Å². The third kappa shape index (κ3) is 3.12. The Bertz CT molecular complexity index is 309. The van der Waals surface area contributed by atoms with Crippen LogP contribution in [-0.2, 0) is 9.84 Å². The molecule has 0 bridgehead atoms. The molecular weight excluding hydrogens is 204 g/mol. The first-order valence-corrected chi connectivity index (χ1v) is 6.80. The van der Waals surface area contributed by atoms with Crippen molar-refractivity contribution < 1.29 is 8.42 Å². The van der Waals surface area contributed by atoms with Crippen LogP contribution in [0, 0.1) is 0 Å². The van der Waals surface area contributed by atoms with Gasteiger partial charge in [0.2, 0.25) is 0 Å². The van der Waals surface area contributed by atoms with E-state index in [0.29, 0.717) is 4.90 Å². The highest BCUT2D eigenvalue weighted by Crippen LogP contribution is 2.17. The van der Waals surface area contributed by atoms with Crippen molar-refractivity contribution in [3.63, 3.8) is 0 Å². The third-order valence-corrected chi connectivity index (χ3v) is 4.43. The predicted octanol–water partition coefficient (Wildman–Crippen LogP) is 2.96. The van der Waals surface area contributed by atoms with Gasteiger partial charge in [-0.3, -0.25) is 0 Å². The summed E-state index contributed by atoms with van der Waals surface area (Å²) in [6, 6.07) is 1.64. The largest absolute Gasteiger partial charge is 0.223 e. The smallest absolute Gasteiger partial charge is 0.181 e. The van der Waals surface area contributed by atoms with E-state index in [9.17, 15) is 8.42 Å². The maximum atomic E-state index is 11.4. The standard InChI is InChI=1S/C7H10O2S2.C2H6/c1-6(2)11(8,9)7-3-4-10-5-7;1-2/h3-6H,1-2H3;1-2H3. The molecule has 0 N–H and O–H groups in total. The minimum Gasteiger partial charge on any atom is -0.223 e. The normalized spacial score (nSPS) is 10.8. The number of hydrogen-bond donors (Lipinski definition) is 0. The van der Waals surface area contributed by atoms with Crippen molar-refractivity contribution >= 4 is 21.2 Å². The third-order valence-electron chi connectivity index (χ3n) is 1.44. The minimum atomic E-state index is -3.02. The molecule has 0 radical (unpaired) electrons. The SMILES string of the molecule is CC.CC(C)S(=O)(=O)c1ccsc1. The van der Waals surface area contributed by atoms with Crippen molar-refractivity contribution in [1.29, 1.82) is 0 Å². The second kappa shape index (κ2) is 5.40. The van der Waals surface area contributed by atoms with Crippen LogP contribution < -0.4 is 0 Å². The molecule has 0 saturated heterocycles. The molecule has 76 valence electrons. The zero-order valence-corrected chi connectivity index (χ0v) is 10.1. The fourth-order valence-corrected chi connectivity index (χ4v) is 2.79. The molecule has 4 heteroatoms. The summed E-state index contributed by atoms with van der Waals surface area (Å²) in [6.07, 6.45) is 0. The van der Waals surface area contributed by atoms with Crippen molar-refractivity contribution in [2.24, 2.45) is 0 Å². The molecule has 0 aliphatic rings. The molecule has 0 unspecified atom stereocenters. The van der Waals surface area contributed by atoms with Gasteiger partial charge in [0.1, 0.15) is 0 Å². The van der Waals surface area contributed by atoms with Gasteiger partial charge in [-0.05, 0) is 25.3 Å². The molecule has 2 nitrogen and oxygen atoms in total. The lowest BCUT2D eigenvalue weighted by Gasteiger charge is -2.03. The first-order valence-electron chi connectivity index (χ1n) is 4.31. The molecule has 1 heterocycles. The lowest BCUT2D eigenvalue weighted by Crippen LogP contribution is -2.12. The Hall–Kier alpha value is -0.350. The molecule has 0 amide bonds. The van der Waals surface area contributed by atoms with E-state index in [1.165, 1.54) is 11.3 Å². The lowest BCUT2D eigenvalue weighted by molar-refractivity contribution is 0.588. The van der Waals surface area contributed by atoms with E-state index in [0.717, 1.165) is 0 Å². The van der Waals surface area contributed by atoms with Gasteiger partial charge < -0.3 is 0 Å². The van der Waals surface area contributed by atoms with Crippen LogP contribution in [0.3, 0.4) is 0 Å². The molecule has 0 aromatic carbocycles. The summed E-state index contributed by atoms with van der Waals surface area (Å²) < 4.78 is 22.8. The Balaban J connectivity index is 0.000000671. The minimum absolute atomic E-state index is 0.322. The highest BCUT2D eigenvalue weighted by atomic mass is 32.2. The van der Waals surface area contributed by atoms with Gasteiger partial charge in [0.15, 0.2) is 9.84 Å². The average molecular weight is 220 g/mol. The van der Waals surface area contributed by atoms with Gasteiger partial charge in [0.25, 0.3) is 0 Å². The van der Waals surface area contributed by atoms with Crippen LogP contribution in [0.15, 0.2) is 21.7 Å². The van der Waals surface area contributed by atoms with Gasteiger partial charge in [-0.1, -0.05) is 13.8 Å². The molecule has 1 aromatic heterocycles. The van der Waals surface area contributed by atoms with Crippen LogP contribution in [-0.4, -0.2) is 13.7 Å². The predicted molar refractivity (Wildman–Crippen MR) is 58.0 cm³/mol. The molecule has 0 aliphatic carbocycles. The van der Waals surface area contributed by atoms with Crippen molar-refractivity contribution in [1.82, 2.24) is 0 Å². The molecule has 0 atom stereocenters. The maximum absolute atomic E-state index is 11.4. The van der Waals surface area contributed by atoms with Crippen LogP contribution >= 0.6 is 11.3 Å². The molecular formula is C9H16O2S2. The highest BCUT2D eigenvalue weighted by molar-refractivity contribution is 7.92. The molecule has 0 saturated carbocycles. The van der Waals surface area contributed by atoms with Crippen LogP contribution in [0.1, 0.15) is 27.7 Å². The van der Waals surface area contributed by atoms with Crippen LogP contribution in [0.4, 0.5) is 0 Å². The molecule has 13 heavy (non-hydrogen) atoms. The summed E-state index contributed by atoms with van der Waals surface area (Å²) in [7, 11) is -3.02. The van der Waals surface area contributed by atoms with Crippen LogP contribution in [0.2, 0.25) is 0 Å². The zero-order valence-electron chi connectivity index (χ0n) is 8.44. The van der Waals surface area contributed by atoms with Crippen LogP contribution in [0.5, 0.6) is 0 Å². The van der Waals surface area contributed by atoms with E-state index in [2.05, 4.69) is 0 Å². The number of rotatable bonds is 2. The second-order valence-corrected chi connectivity index (χ2v) is 5.84. The Morgan fingerprint density at radius 2 is 1.85 bits per heavy atom. The summed E-state index contributed by atoms with van der Waals surface area (Å²) >= 11 is 1.40. The van der Waals surface area contributed by atoms with Crippen molar-refractivity contribution in [3.05, 3.63) is 16.8 Å². The van der Waals surface area contributed by atoms with E-state index in [1.54, 1.807) is 30.7 Å². The summed E-state index contributed by atoms with van der Waals surface area (Å²) in [5, 5.41) is 3.11. The number of sulfone groups is 1. The van der Waals surface area contributed by atoms with Crippen molar-refractivity contribution in [3.8, 4) is 0 Å². The molecule has 0 fully saturated rings. The van der Waals surface area contributed by atoms with E-state index in [-0.39, 0.29) is 5.25 Å². The summed E-state index contributed by atoms with van der Waals surface area (Å²) in [6.45, 7) is 7.38. The molecule has 0 spiro atoms. The van der Waals surface area contributed by atoms with E-state index >= 15 is 0 Å². The summed E-state index contributed by atoms with van der Waals surface area (Å²) in [5.74, 6) is 0. The molecule has 1 aromatic rings. The Morgan fingerprint density at radius 3 is 2.15 bits per heavy atom. The Labute approximate surface area is 84.5 Å². The number of hydrogen-bond acceptors (Lipinski definition) is 3. The van der Waals surface area contributed by atoms with Gasteiger partial charge >= 0.3 is 0 Å². The molecule has 0 aliphatic heterocycles. The molecule has 1 rings (SSSR count). The fraction of sp³-hybridized carbons (Fsp3) is 0.556. The maximum Gasteiger partial charge on any atom is 0.181 e. The summed E-state index contributed by atoms with van der Waals surface area (Å²) in [5.41, 5.74) is 0. The second-order valence-electron chi connectivity index (χ2n) is 2.55. The highest BCUT2D eigenvalue weighted by Gasteiger charge is 2.18. The van der Waals surface area contributed by atoms with Gasteiger partial charge in [0, 0.05) is 5.38 Å². The summed E-state index contributed by atoms with van der Waals surface area (Å²) in [4.78, 5) is 0.442. The van der Waals surface area contributed by atoms with E-state index < -0.39 is 9.84 Å². The van der Waals surface area contributed by atoms with Crippen molar-refractivity contribution in [2.45, 2.75) is 37.8 Å². The van der Waals surface area contributed by atoms with E-state index in [4.69, 9.17) is 0 Å². The van der Waals surface area contributed by atoms with E-state index in [1.807, 2.05) is 13.8 Å². The zero-order chi connectivity index (χ0) is 10.5. The topological polar surface area (TPSA) is 34.1 Å². The fourth-order valence-electron chi connectivity index (χ4n) is 0.686. The Morgan fingerprint density at radius 1 is 1.31 bits per heavy atom. The van der Waals surface area contributed by atoms with Gasteiger partial charge in [-0.2, -0.15) is 11.3 Å². The number of thiophene rings is 1. The Kier molecular flexibility index (Phi) is 5.25. The first kappa shape index (κ1) is 12.7. The average Bonchev–Trinajstić information content (AvgIpc) is 2.60. The van der Waals surface area contributed by atoms with Crippen LogP contribution in [0.25, 0.3) is 0 Å². The lowest BCUT2D eigenvalue weighted by atomic mass is 10.6. The first-order chi connectivity index (χ1) is 6.05. The van der Waals surface area contributed by atoms with Gasteiger partial charge in [-0.25, -0.2) is 8.42 Å². The van der Waals surface area contributed by atoms with Gasteiger partial charge in [-0.15, -0.1) is 0 Å².